The Balaban J connectivity index is 0.982. The summed E-state index contributed by atoms with van der Waals surface area (Å²) in [5, 5.41) is 24.7. The highest BCUT2D eigenvalue weighted by molar-refractivity contribution is 8.18. The van der Waals surface area contributed by atoms with E-state index in [0.717, 1.165) is 32.7 Å². The third-order valence-corrected chi connectivity index (χ3v) is 12.5. The molecular formula is C46H47F3N6O9S2. The minimum Gasteiger partial charge on any atom is -0.493 e. The number of thiazole rings is 1. The molecule has 3 N–H and O–H groups in total. The van der Waals surface area contributed by atoms with Gasteiger partial charge in [0.05, 0.1) is 71.2 Å². The number of hydrogen-bond acceptors (Lipinski definition) is 13. The third-order valence-electron chi connectivity index (χ3n) is 10.6. The van der Waals surface area contributed by atoms with Gasteiger partial charge >= 0.3 is 6.18 Å². The monoisotopic (exact) mass is 948 g/mol. The largest absolute Gasteiger partial charge is 0.493 e. The van der Waals surface area contributed by atoms with Crippen molar-refractivity contribution in [2.75, 3.05) is 33.4 Å². The molecule has 0 spiro atoms. The van der Waals surface area contributed by atoms with Gasteiger partial charge in [-0.25, -0.2) is 4.98 Å². The number of nitrogens with zero attached hydrogens (tertiary/aromatic N) is 4. The van der Waals surface area contributed by atoms with E-state index >= 15 is 0 Å². The predicted molar refractivity (Wildman–Crippen MR) is 239 cm³/mol. The Hall–Kier alpha value is -6.27. The second kappa shape index (κ2) is 20.9. The Morgan fingerprint density at radius 2 is 1.76 bits per heavy atom. The molecule has 1 aromatic heterocycles. The number of carbonyl (C=O) groups is 5. The molecule has 2 fully saturated rings. The SMILES string of the molecule is COc1cc(/C=C2\SC(=O)N(CCOCCC(=O)N[C@H](C(=O)N3C[C@@H](O)C[C@H]3C(=O)NCc3ccc(-c4scnc4C)cc3)C(C)(C)C)C2=O)ccc1Oc1ccc(C#N)cc1C(F)(F)F. The van der Waals surface area contributed by atoms with E-state index in [-0.39, 0.29) is 67.7 Å². The lowest BCUT2D eigenvalue weighted by Gasteiger charge is -2.35. The van der Waals surface area contributed by atoms with Crippen molar-refractivity contribution < 1.29 is 56.5 Å². The third kappa shape index (κ3) is 11.9. The zero-order chi connectivity index (χ0) is 47.9. The number of halogens is 3. The zero-order valence-corrected chi connectivity index (χ0v) is 38.2. The number of aromatic nitrogens is 1. The van der Waals surface area contributed by atoms with Crippen LogP contribution in [0.3, 0.4) is 0 Å². The lowest BCUT2D eigenvalue weighted by Crippen LogP contribution is -2.57. The number of methoxy groups -OCH3 is 1. The molecule has 2 aliphatic heterocycles. The van der Waals surface area contributed by atoms with E-state index in [9.17, 15) is 42.3 Å². The van der Waals surface area contributed by atoms with Crippen molar-refractivity contribution in [2.45, 2.75) is 71.4 Å². The average molecular weight is 949 g/mol. The normalized spacial score (nSPS) is 17.5. The molecule has 6 rings (SSSR count). The van der Waals surface area contributed by atoms with Gasteiger partial charge in [-0.1, -0.05) is 51.1 Å². The van der Waals surface area contributed by atoms with Gasteiger partial charge in [0.1, 0.15) is 17.8 Å². The van der Waals surface area contributed by atoms with Gasteiger partial charge in [-0.05, 0) is 77.2 Å². The van der Waals surface area contributed by atoms with E-state index in [0.29, 0.717) is 23.4 Å². The molecule has 15 nitrogen and oxygen atoms in total. The first-order chi connectivity index (χ1) is 31.3. The number of hydrogen-bond donors (Lipinski definition) is 3. The number of likely N-dealkylation sites (tertiary alicyclic amines) is 1. The molecule has 348 valence electrons. The molecule has 3 heterocycles. The van der Waals surface area contributed by atoms with Crippen LogP contribution < -0.4 is 20.1 Å². The summed E-state index contributed by atoms with van der Waals surface area (Å²) in [4.78, 5) is 74.3. The molecule has 3 aromatic carbocycles. The fourth-order valence-corrected chi connectivity index (χ4v) is 8.84. The average Bonchev–Trinajstić information content (AvgIpc) is 3.96. The molecule has 0 saturated carbocycles. The van der Waals surface area contributed by atoms with Crippen molar-refractivity contribution in [1.82, 2.24) is 25.4 Å². The Kier molecular flexibility index (Phi) is 15.6. The van der Waals surface area contributed by atoms with Gasteiger partial charge in [0, 0.05) is 25.9 Å². The first kappa shape index (κ1) is 49.2. The number of nitriles is 1. The summed E-state index contributed by atoms with van der Waals surface area (Å²) in [5.41, 5.74) is 2.83. The maximum absolute atomic E-state index is 14.0. The quantitative estimate of drug-likeness (QED) is 0.0764. The number of amides is 5. The predicted octanol–water partition coefficient (Wildman–Crippen LogP) is 7.06. The molecule has 66 heavy (non-hydrogen) atoms. The zero-order valence-electron chi connectivity index (χ0n) is 36.6. The molecule has 0 aliphatic carbocycles. The number of ether oxygens (including phenoxy) is 3. The number of aliphatic hydroxyl groups is 1. The van der Waals surface area contributed by atoms with E-state index in [4.69, 9.17) is 19.5 Å². The van der Waals surface area contributed by atoms with Crippen LogP contribution in [0, 0.1) is 23.7 Å². The maximum Gasteiger partial charge on any atom is 0.420 e. The molecule has 20 heteroatoms. The number of carbonyl (C=O) groups excluding carboxylic acids is 5. The van der Waals surface area contributed by atoms with Crippen LogP contribution in [0.5, 0.6) is 17.2 Å². The Bertz CT molecular complexity index is 2550. The van der Waals surface area contributed by atoms with Gasteiger partial charge in [0.2, 0.25) is 17.7 Å². The summed E-state index contributed by atoms with van der Waals surface area (Å²) in [6.07, 6.45) is -4.45. The highest BCUT2D eigenvalue weighted by atomic mass is 32.2. The highest BCUT2D eigenvalue weighted by Crippen LogP contribution is 2.42. The van der Waals surface area contributed by atoms with Crippen LogP contribution in [-0.2, 0) is 36.6 Å². The van der Waals surface area contributed by atoms with Gasteiger partial charge in [0.25, 0.3) is 11.1 Å². The van der Waals surface area contributed by atoms with Gasteiger partial charge < -0.3 is 34.9 Å². The second-order valence-electron chi connectivity index (χ2n) is 16.5. The van der Waals surface area contributed by atoms with Crippen LogP contribution in [0.1, 0.15) is 61.6 Å². The van der Waals surface area contributed by atoms with Crippen molar-refractivity contribution in [3.63, 3.8) is 0 Å². The fourth-order valence-electron chi connectivity index (χ4n) is 7.17. The number of alkyl halides is 3. The summed E-state index contributed by atoms with van der Waals surface area (Å²) < 4.78 is 57.6. The Labute approximate surface area is 386 Å². The van der Waals surface area contributed by atoms with E-state index in [1.165, 1.54) is 42.4 Å². The van der Waals surface area contributed by atoms with E-state index in [1.807, 2.05) is 31.2 Å². The molecular weight excluding hydrogens is 902 g/mol. The van der Waals surface area contributed by atoms with Crippen LogP contribution in [0.2, 0.25) is 0 Å². The van der Waals surface area contributed by atoms with E-state index in [1.54, 1.807) is 43.7 Å². The minimum absolute atomic E-state index is 0.0362. The molecule has 2 saturated heterocycles. The van der Waals surface area contributed by atoms with Crippen molar-refractivity contribution in [2.24, 2.45) is 5.41 Å². The van der Waals surface area contributed by atoms with Crippen molar-refractivity contribution in [3.8, 4) is 33.8 Å². The summed E-state index contributed by atoms with van der Waals surface area (Å²) in [6, 6.07) is 14.5. The number of aliphatic hydroxyl groups excluding tert-OH is 1. The molecule has 0 radical (unpaired) electrons. The van der Waals surface area contributed by atoms with Gasteiger partial charge in [-0.3, -0.25) is 28.9 Å². The smallest absolute Gasteiger partial charge is 0.420 e. The maximum atomic E-state index is 14.0. The van der Waals surface area contributed by atoms with Gasteiger partial charge in [-0.2, -0.15) is 18.4 Å². The molecule has 2 aliphatic rings. The highest BCUT2D eigenvalue weighted by Gasteiger charge is 2.44. The van der Waals surface area contributed by atoms with Crippen molar-refractivity contribution >= 4 is 58.0 Å². The first-order valence-electron chi connectivity index (χ1n) is 20.6. The summed E-state index contributed by atoms with van der Waals surface area (Å²) in [5.74, 6) is -2.65. The fraction of sp³-hybridized carbons (Fsp3) is 0.370. The van der Waals surface area contributed by atoms with Crippen LogP contribution in [0.25, 0.3) is 16.5 Å². The number of rotatable bonds is 16. The lowest BCUT2D eigenvalue weighted by atomic mass is 9.85. The molecule has 0 bridgehead atoms. The Morgan fingerprint density at radius 3 is 2.41 bits per heavy atom. The first-order valence-corrected chi connectivity index (χ1v) is 22.3. The number of nitrogens with one attached hydrogen (secondary N) is 2. The second-order valence-corrected chi connectivity index (χ2v) is 18.3. The van der Waals surface area contributed by atoms with Gasteiger partial charge in [0.15, 0.2) is 11.5 Å². The standard InChI is InChI=1S/C46H47F3N6O9S2/c1-26-39(65-25-52-26)30-10-6-27(7-11-30)23-51-41(58)33-21-31(56)24-55(33)43(60)40(45(2,3)4)53-38(57)14-16-63-17-15-54-42(59)37(66-44(54)61)20-28-8-13-35(36(19-28)62-5)64-34-12-9-29(22-50)18-32(34)46(47,48)49/h6-13,18-20,25,31,33,40,56H,14-17,21,23-24H2,1-5H3,(H,51,58)(H,53,57)/b37-20-/t31-,33-,40+/m0/s1. The van der Waals surface area contributed by atoms with Crippen LogP contribution >= 0.6 is 23.1 Å². The van der Waals surface area contributed by atoms with E-state index < -0.39 is 70.0 Å². The number of aryl methyl sites for hydroxylation is 1. The van der Waals surface area contributed by atoms with E-state index in [2.05, 4.69) is 15.6 Å². The van der Waals surface area contributed by atoms with Crippen molar-refractivity contribution in [3.05, 3.63) is 99.0 Å². The Morgan fingerprint density at radius 1 is 1.03 bits per heavy atom. The summed E-state index contributed by atoms with van der Waals surface area (Å²) in [6.45, 7) is 7.02. The number of imide groups is 1. The van der Waals surface area contributed by atoms with Gasteiger partial charge in [-0.15, -0.1) is 11.3 Å². The minimum atomic E-state index is -4.80. The number of benzene rings is 3. The molecule has 4 aromatic rings. The van der Waals surface area contributed by atoms with Crippen LogP contribution in [0.4, 0.5) is 18.0 Å². The molecule has 5 amide bonds. The van der Waals surface area contributed by atoms with Crippen molar-refractivity contribution in [1.29, 1.82) is 5.26 Å². The summed E-state index contributed by atoms with van der Waals surface area (Å²) >= 11 is 2.22. The molecule has 3 atom stereocenters. The lowest BCUT2D eigenvalue weighted by molar-refractivity contribution is -0.144. The van der Waals surface area contributed by atoms with Crippen LogP contribution in [0.15, 0.2) is 71.1 Å². The number of thioether (sulfide) groups is 1. The number of β-amino-alcohol motifs (C(OH)–C–C–N with tert-alkyl or cyclic N) is 1. The topological polar surface area (TPSA) is 200 Å². The van der Waals surface area contributed by atoms with Crippen LogP contribution in [-0.4, -0.2) is 100 Å². The molecule has 0 unspecified atom stereocenters. The summed E-state index contributed by atoms with van der Waals surface area (Å²) in [7, 11) is 1.28.